The fourth-order valence-corrected chi connectivity index (χ4v) is 12.7. The van der Waals surface area contributed by atoms with Crippen LogP contribution in [0.15, 0.2) is 71.5 Å². The summed E-state index contributed by atoms with van der Waals surface area (Å²) in [7, 11) is -3.95. The van der Waals surface area contributed by atoms with Crippen molar-refractivity contribution in [2.75, 3.05) is 0 Å². The van der Waals surface area contributed by atoms with Gasteiger partial charge in [0.1, 0.15) is 4.90 Å². The maximum Gasteiger partial charge on any atom is 0.305 e. The SMILES string of the molecule is C[C@H](CCC(=O)N[C@H](CC(=O)O)Cc1cn(S(=O)(=O)c2cccnc2)c2ccccc12)[C@H]1CC[C@H]2[C@@H]3CC=C4C[C@@H](O)CC[C@]4(C)[C@H]3CC[C@]12C. The Morgan fingerprint density at radius 2 is 1.86 bits per heavy atom. The van der Waals surface area contributed by atoms with Crippen LogP contribution in [-0.4, -0.2) is 51.6 Å². The number of para-hydroxylation sites is 1. The first kappa shape index (κ1) is 35.9. The number of allylic oxidation sites excluding steroid dienone is 1. The minimum absolute atomic E-state index is 0.0567. The topological polar surface area (TPSA) is 139 Å². The molecule has 3 saturated carbocycles. The number of nitrogens with zero attached hydrogens (tertiary/aromatic N) is 2. The molecule has 274 valence electrons. The van der Waals surface area contributed by atoms with Crippen LogP contribution in [0.4, 0.5) is 0 Å². The molecule has 1 aromatic carbocycles. The first-order valence-corrected chi connectivity index (χ1v) is 20.4. The van der Waals surface area contributed by atoms with Crippen molar-refractivity contribution in [1.29, 1.82) is 0 Å². The number of carboxylic acid groups (broad SMARTS) is 1. The second-order valence-electron chi connectivity index (χ2n) is 16.6. The number of carboxylic acids is 1. The molecule has 9 nitrogen and oxygen atoms in total. The summed E-state index contributed by atoms with van der Waals surface area (Å²) in [6, 6.07) is 9.51. The maximum atomic E-state index is 13.6. The third-order valence-corrected chi connectivity index (χ3v) is 15.5. The number of aliphatic carboxylic acids is 1. The number of amides is 1. The van der Waals surface area contributed by atoms with Gasteiger partial charge in [-0.05, 0) is 128 Å². The van der Waals surface area contributed by atoms with E-state index in [1.165, 1.54) is 53.7 Å². The van der Waals surface area contributed by atoms with Crippen LogP contribution < -0.4 is 5.32 Å². The van der Waals surface area contributed by atoms with E-state index in [4.69, 9.17) is 0 Å². The molecule has 51 heavy (non-hydrogen) atoms. The first-order chi connectivity index (χ1) is 24.3. The molecular formula is C41H53N3O6S. The van der Waals surface area contributed by atoms with Gasteiger partial charge in [-0.3, -0.25) is 14.6 Å². The second-order valence-corrected chi connectivity index (χ2v) is 18.4. The van der Waals surface area contributed by atoms with E-state index in [0.717, 1.165) is 32.1 Å². The van der Waals surface area contributed by atoms with E-state index >= 15 is 0 Å². The van der Waals surface area contributed by atoms with Crippen LogP contribution in [0.1, 0.15) is 97.0 Å². The van der Waals surface area contributed by atoms with Crippen molar-refractivity contribution in [3.05, 3.63) is 72.2 Å². The van der Waals surface area contributed by atoms with Gasteiger partial charge in [0.25, 0.3) is 10.0 Å². The highest BCUT2D eigenvalue weighted by Crippen LogP contribution is 2.67. The Morgan fingerprint density at radius 3 is 2.63 bits per heavy atom. The smallest absolute Gasteiger partial charge is 0.305 e. The standard InChI is InChI=1S/C41H53N3O6S/c1-26(34-13-14-35-33-12-11-28-22-30(45)16-18-40(28,2)36(33)17-19-41(34,35)3)10-15-38(46)43-29(23-39(47)48)21-27-25-44(37-9-5-4-8-32(27)37)51(49,50)31-7-6-20-42-24-31/h4-9,11,20,24-26,29-30,33-36,45H,10,12-19,21-23H2,1-3H3,(H,43,46)(H,47,48)/t26-,29+,30+,33+,34-,35+,36+,40+,41-/m1/s1. The summed E-state index contributed by atoms with van der Waals surface area (Å²) in [5, 5.41) is 23.9. The van der Waals surface area contributed by atoms with Crippen LogP contribution in [0.3, 0.4) is 0 Å². The molecule has 4 aliphatic carbocycles. The summed E-state index contributed by atoms with van der Waals surface area (Å²) in [6.07, 6.45) is 16.5. The molecule has 7 rings (SSSR count). The second kappa shape index (κ2) is 13.8. The van der Waals surface area contributed by atoms with Gasteiger partial charge < -0.3 is 15.5 Å². The summed E-state index contributed by atoms with van der Waals surface area (Å²) in [6.45, 7) is 7.28. The number of benzene rings is 1. The summed E-state index contributed by atoms with van der Waals surface area (Å²) in [5.74, 6) is 1.79. The van der Waals surface area contributed by atoms with Crippen molar-refractivity contribution in [3.63, 3.8) is 0 Å². The van der Waals surface area contributed by atoms with Crippen LogP contribution >= 0.6 is 0 Å². The average Bonchev–Trinajstić information content (AvgIpc) is 3.66. The zero-order valence-corrected chi connectivity index (χ0v) is 30.9. The lowest BCUT2D eigenvalue weighted by atomic mass is 9.47. The van der Waals surface area contributed by atoms with Crippen molar-refractivity contribution in [3.8, 4) is 0 Å². The molecule has 0 saturated heterocycles. The number of rotatable bonds is 11. The van der Waals surface area contributed by atoms with Gasteiger partial charge in [-0.25, -0.2) is 12.4 Å². The van der Waals surface area contributed by atoms with Crippen molar-refractivity contribution in [2.24, 2.45) is 40.4 Å². The van der Waals surface area contributed by atoms with Crippen LogP contribution in [0, 0.1) is 40.4 Å². The lowest BCUT2D eigenvalue weighted by Gasteiger charge is -2.58. The Morgan fingerprint density at radius 1 is 1.06 bits per heavy atom. The third-order valence-electron chi connectivity index (χ3n) is 13.9. The predicted molar refractivity (Wildman–Crippen MR) is 196 cm³/mol. The number of nitrogens with one attached hydrogen (secondary N) is 1. The number of hydrogen-bond acceptors (Lipinski definition) is 6. The summed E-state index contributed by atoms with van der Waals surface area (Å²) in [5.41, 5.74) is 3.12. The Balaban J connectivity index is 1.01. The zero-order valence-electron chi connectivity index (χ0n) is 30.1. The molecule has 3 aromatic rings. The van der Waals surface area contributed by atoms with Crippen LogP contribution in [0.25, 0.3) is 10.9 Å². The van der Waals surface area contributed by atoms with E-state index in [1.807, 2.05) is 12.1 Å². The molecule has 0 aliphatic heterocycles. The highest BCUT2D eigenvalue weighted by molar-refractivity contribution is 7.90. The molecule has 0 unspecified atom stereocenters. The number of fused-ring (bicyclic) bond motifs is 6. The van der Waals surface area contributed by atoms with Gasteiger partial charge in [-0.1, -0.05) is 50.6 Å². The Bertz CT molecular complexity index is 1920. The van der Waals surface area contributed by atoms with Gasteiger partial charge in [0.2, 0.25) is 5.91 Å². The maximum absolute atomic E-state index is 13.6. The molecular weight excluding hydrogens is 663 g/mol. The predicted octanol–water partition coefficient (Wildman–Crippen LogP) is 7.13. The molecule has 10 heteroatoms. The van der Waals surface area contributed by atoms with Crippen molar-refractivity contribution < 1.29 is 28.2 Å². The van der Waals surface area contributed by atoms with Crippen LogP contribution in [0.2, 0.25) is 0 Å². The summed E-state index contributed by atoms with van der Waals surface area (Å²) in [4.78, 5) is 29.4. The van der Waals surface area contributed by atoms with E-state index in [-0.39, 0.29) is 40.6 Å². The molecule has 9 atom stereocenters. The summed E-state index contributed by atoms with van der Waals surface area (Å²) < 4.78 is 28.4. The molecule has 0 spiro atoms. The highest BCUT2D eigenvalue weighted by Gasteiger charge is 2.59. The van der Waals surface area contributed by atoms with Crippen molar-refractivity contribution in [2.45, 2.75) is 115 Å². The number of carbonyl (C=O) groups excluding carboxylic acids is 1. The largest absolute Gasteiger partial charge is 0.481 e. The lowest BCUT2D eigenvalue weighted by Crippen LogP contribution is -2.50. The average molecular weight is 716 g/mol. The Labute approximate surface area is 302 Å². The lowest BCUT2D eigenvalue weighted by molar-refractivity contribution is -0.137. The number of aromatic nitrogens is 2. The number of aliphatic hydroxyl groups is 1. The molecule has 2 heterocycles. The summed E-state index contributed by atoms with van der Waals surface area (Å²) >= 11 is 0. The molecule has 3 fully saturated rings. The first-order valence-electron chi connectivity index (χ1n) is 18.9. The van der Waals surface area contributed by atoms with Gasteiger partial charge in [-0.2, -0.15) is 0 Å². The third kappa shape index (κ3) is 6.56. The molecule has 1 amide bonds. The molecule has 0 radical (unpaired) electrons. The van der Waals surface area contributed by atoms with Gasteiger partial charge in [0.05, 0.1) is 18.0 Å². The van der Waals surface area contributed by atoms with E-state index in [9.17, 15) is 28.2 Å². The van der Waals surface area contributed by atoms with Crippen LogP contribution in [0.5, 0.6) is 0 Å². The van der Waals surface area contributed by atoms with Gasteiger partial charge >= 0.3 is 5.97 Å². The van der Waals surface area contributed by atoms with Crippen molar-refractivity contribution >= 4 is 32.8 Å². The number of carbonyl (C=O) groups is 2. The number of aliphatic hydroxyl groups excluding tert-OH is 1. The normalized spacial score (nSPS) is 31.5. The number of hydrogen-bond donors (Lipinski definition) is 3. The Hall–Kier alpha value is -3.50. The van der Waals surface area contributed by atoms with Gasteiger partial charge in [0.15, 0.2) is 0 Å². The monoisotopic (exact) mass is 715 g/mol. The molecule has 0 bridgehead atoms. The fourth-order valence-electron chi connectivity index (χ4n) is 11.3. The van der Waals surface area contributed by atoms with E-state index < -0.39 is 22.0 Å². The van der Waals surface area contributed by atoms with Gasteiger partial charge in [-0.15, -0.1) is 0 Å². The van der Waals surface area contributed by atoms with Crippen molar-refractivity contribution in [1.82, 2.24) is 14.3 Å². The minimum Gasteiger partial charge on any atom is -0.481 e. The molecule has 2 aromatic heterocycles. The fraction of sp³-hybridized carbons (Fsp3) is 0.585. The Kier molecular flexibility index (Phi) is 9.71. The number of pyridine rings is 1. The molecule has 3 N–H and O–H groups in total. The quantitative estimate of drug-likeness (QED) is 0.180. The van der Waals surface area contributed by atoms with E-state index in [2.05, 4.69) is 37.1 Å². The molecule has 4 aliphatic rings. The van der Waals surface area contributed by atoms with Crippen LogP contribution in [-0.2, 0) is 26.0 Å². The van der Waals surface area contributed by atoms with Gasteiger partial charge in [0, 0.05) is 36.4 Å². The van der Waals surface area contributed by atoms with E-state index in [1.54, 1.807) is 24.4 Å². The zero-order chi connectivity index (χ0) is 36.1. The highest BCUT2D eigenvalue weighted by atomic mass is 32.2. The minimum atomic E-state index is -3.95. The van der Waals surface area contributed by atoms with E-state index in [0.29, 0.717) is 52.5 Å².